The van der Waals surface area contributed by atoms with Crippen LogP contribution >= 0.6 is 0 Å². The lowest BCUT2D eigenvalue weighted by Crippen LogP contribution is -2.29. The standard InChI is InChI=1S/C19H20N4O3/c1-2-10-26-17-7-5-15(6-8-17)14-22-23-19(25)11-18(24)21-13-16-4-3-9-20-12-16/h2-9,12,14H,1,10-11,13H2,(H,21,24)(H,23,25). The lowest BCUT2D eigenvalue weighted by molar-refractivity contribution is -0.129. The minimum absolute atomic E-state index is 0.300. The molecule has 26 heavy (non-hydrogen) atoms. The van der Waals surface area contributed by atoms with Gasteiger partial charge in [0.1, 0.15) is 18.8 Å². The van der Waals surface area contributed by atoms with Crippen LogP contribution in [0.25, 0.3) is 0 Å². The summed E-state index contributed by atoms with van der Waals surface area (Å²) in [5, 5.41) is 6.48. The van der Waals surface area contributed by atoms with Crippen LogP contribution < -0.4 is 15.5 Å². The summed E-state index contributed by atoms with van der Waals surface area (Å²) in [4.78, 5) is 27.4. The number of ether oxygens (including phenoxy) is 1. The van der Waals surface area contributed by atoms with Gasteiger partial charge in [-0.3, -0.25) is 14.6 Å². The van der Waals surface area contributed by atoms with E-state index in [2.05, 4.69) is 27.4 Å². The van der Waals surface area contributed by atoms with Crippen LogP contribution in [-0.2, 0) is 16.1 Å². The quantitative estimate of drug-likeness (QED) is 0.311. The van der Waals surface area contributed by atoms with E-state index in [4.69, 9.17) is 4.74 Å². The monoisotopic (exact) mass is 352 g/mol. The first-order chi connectivity index (χ1) is 12.7. The Morgan fingerprint density at radius 2 is 2.00 bits per heavy atom. The number of hydrogen-bond acceptors (Lipinski definition) is 5. The molecule has 7 nitrogen and oxygen atoms in total. The summed E-state index contributed by atoms with van der Waals surface area (Å²) < 4.78 is 5.37. The summed E-state index contributed by atoms with van der Waals surface area (Å²) in [6.45, 7) is 4.34. The number of rotatable bonds is 9. The predicted octanol–water partition coefficient (Wildman–Crippen LogP) is 1.80. The van der Waals surface area contributed by atoms with Gasteiger partial charge in [0.05, 0.1) is 6.21 Å². The number of carbonyl (C=O) groups is 2. The molecule has 7 heteroatoms. The van der Waals surface area contributed by atoms with Gasteiger partial charge in [0.15, 0.2) is 0 Å². The Morgan fingerprint density at radius 1 is 1.19 bits per heavy atom. The van der Waals surface area contributed by atoms with Crippen molar-refractivity contribution < 1.29 is 14.3 Å². The van der Waals surface area contributed by atoms with E-state index in [0.717, 1.165) is 16.9 Å². The molecule has 134 valence electrons. The second-order valence-corrected chi connectivity index (χ2v) is 5.28. The molecule has 0 fully saturated rings. The van der Waals surface area contributed by atoms with E-state index in [-0.39, 0.29) is 12.3 Å². The molecule has 0 spiro atoms. The number of hydrazone groups is 1. The maximum atomic E-state index is 11.7. The molecule has 0 bridgehead atoms. The Hall–Kier alpha value is -3.48. The summed E-state index contributed by atoms with van der Waals surface area (Å²) in [5.41, 5.74) is 3.97. The van der Waals surface area contributed by atoms with Gasteiger partial charge < -0.3 is 10.1 Å². The molecule has 0 unspecified atom stereocenters. The third-order valence-corrected chi connectivity index (χ3v) is 3.18. The van der Waals surface area contributed by atoms with Crippen LogP contribution in [0.4, 0.5) is 0 Å². The molecule has 2 aromatic rings. The molecule has 0 atom stereocenters. The summed E-state index contributed by atoms with van der Waals surface area (Å²) in [6, 6.07) is 10.8. The van der Waals surface area contributed by atoms with Crippen molar-refractivity contribution in [2.24, 2.45) is 5.10 Å². The highest BCUT2D eigenvalue weighted by molar-refractivity contribution is 5.97. The van der Waals surface area contributed by atoms with Crippen molar-refractivity contribution in [3.8, 4) is 5.75 Å². The molecule has 0 aliphatic rings. The number of nitrogens with one attached hydrogen (secondary N) is 2. The second-order valence-electron chi connectivity index (χ2n) is 5.28. The number of aromatic nitrogens is 1. The van der Waals surface area contributed by atoms with Gasteiger partial charge in [-0.05, 0) is 41.5 Å². The van der Waals surface area contributed by atoms with E-state index >= 15 is 0 Å². The number of carbonyl (C=O) groups excluding carboxylic acids is 2. The lowest BCUT2D eigenvalue weighted by Gasteiger charge is -2.04. The van der Waals surface area contributed by atoms with Crippen LogP contribution in [0, 0.1) is 0 Å². The molecular formula is C19H20N4O3. The first kappa shape index (κ1) is 18.9. The molecular weight excluding hydrogens is 332 g/mol. The highest BCUT2D eigenvalue weighted by Gasteiger charge is 2.08. The van der Waals surface area contributed by atoms with Crippen molar-refractivity contribution in [3.05, 3.63) is 72.6 Å². The normalized spacial score (nSPS) is 10.3. The highest BCUT2D eigenvalue weighted by atomic mass is 16.5. The maximum absolute atomic E-state index is 11.7. The maximum Gasteiger partial charge on any atom is 0.249 e. The van der Waals surface area contributed by atoms with Crippen molar-refractivity contribution in [2.45, 2.75) is 13.0 Å². The zero-order chi connectivity index (χ0) is 18.6. The summed E-state index contributed by atoms with van der Waals surface area (Å²) in [6.07, 6.45) is 6.16. The molecule has 2 rings (SSSR count). The van der Waals surface area contributed by atoms with Crippen molar-refractivity contribution in [2.75, 3.05) is 6.61 Å². The predicted molar refractivity (Wildman–Crippen MR) is 98.6 cm³/mol. The zero-order valence-corrected chi connectivity index (χ0v) is 14.2. The fourth-order valence-corrected chi connectivity index (χ4v) is 1.94. The number of benzene rings is 1. The fraction of sp³-hybridized carbons (Fsp3) is 0.158. The zero-order valence-electron chi connectivity index (χ0n) is 14.2. The highest BCUT2D eigenvalue weighted by Crippen LogP contribution is 2.10. The minimum Gasteiger partial charge on any atom is -0.490 e. The Morgan fingerprint density at radius 3 is 2.69 bits per heavy atom. The molecule has 0 radical (unpaired) electrons. The largest absolute Gasteiger partial charge is 0.490 e. The molecule has 1 aromatic heterocycles. The lowest BCUT2D eigenvalue weighted by atomic mass is 10.2. The van der Waals surface area contributed by atoms with Gasteiger partial charge in [0.25, 0.3) is 0 Å². The molecule has 0 aliphatic heterocycles. The number of hydrogen-bond donors (Lipinski definition) is 2. The molecule has 0 aliphatic carbocycles. The van der Waals surface area contributed by atoms with Crippen LogP contribution in [0.3, 0.4) is 0 Å². The van der Waals surface area contributed by atoms with E-state index in [9.17, 15) is 9.59 Å². The summed E-state index contributed by atoms with van der Waals surface area (Å²) in [5.74, 6) is -0.155. The Kier molecular flexibility index (Phi) is 7.54. The number of pyridine rings is 1. The topological polar surface area (TPSA) is 92.7 Å². The first-order valence-corrected chi connectivity index (χ1v) is 7.98. The summed E-state index contributed by atoms with van der Waals surface area (Å²) >= 11 is 0. The van der Waals surface area contributed by atoms with Gasteiger partial charge in [-0.25, -0.2) is 5.43 Å². The van der Waals surface area contributed by atoms with Gasteiger partial charge in [-0.2, -0.15) is 5.10 Å². The average Bonchev–Trinajstić information content (AvgIpc) is 2.66. The van der Waals surface area contributed by atoms with Crippen molar-refractivity contribution in [1.29, 1.82) is 0 Å². The fourth-order valence-electron chi connectivity index (χ4n) is 1.94. The molecule has 1 aromatic carbocycles. The van der Waals surface area contributed by atoms with Crippen LogP contribution in [0.1, 0.15) is 17.5 Å². The average molecular weight is 352 g/mol. The van der Waals surface area contributed by atoms with Crippen LogP contribution in [0.15, 0.2) is 66.5 Å². The number of amides is 2. The van der Waals surface area contributed by atoms with Gasteiger partial charge in [0.2, 0.25) is 11.8 Å². The molecule has 1 heterocycles. The van der Waals surface area contributed by atoms with Crippen LogP contribution in [0.5, 0.6) is 5.75 Å². The Balaban J connectivity index is 1.71. The molecule has 0 saturated heterocycles. The van der Waals surface area contributed by atoms with E-state index < -0.39 is 5.91 Å². The number of nitrogens with zero attached hydrogens (tertiary/aromatic N) is 2. The SMILES string of the molecule is C=CCOc1ccc(C=NNC(=O)CC(=O)NCc2cccnc2)cc1. The third kappa shape index (κ3) is 6.96. The molecule has 0 saturated carbocycles. The van der Waals surface area contributed by atoms with E-state index in [1.807, 2.05) is 6.07 Å². The van der Waals surface area contributed by atoms with Gasteiger partial charge in [-0.1, -0.05) is 18.7 Å². The van der Waals surface area contributed by atoms with Crippen molar-refractivity contribution in [3.63, 3.8) is 0 Å². The van der Waals surface area contributed by atoms with Gasteiger partial charge in [-0.15, -0.1) is 0 Å². The van der Waals surface area contributed by atoms with E-state index in [1.54, 1.807) is 48.8 Å². The third-order valence-electron chi connectivity index (χ3n) is 3.18. The molecule has 2 N–H and O–H groups in total. The summed E-state index contributed by atoms with van der Waals surface area (Å²) in [7, 11) is 0. The van der Waals surface area contributed by atoms with Crippen LogP contribution in [0.2, 0.25) is 0 Å². The molecule has 2 amide bonds. The first-order valence-electron chi connectivity index (χ1n) is 7.98. The van der Waals surface area contributed by atoms with Crippen molar-refractivity contribution >= 4 is 18.0 Å². The Labute approximate surface area is 151 Å². The Bertz CT molecular complexity index is 758. The minimum atomic E-state index is -0.490. The van der Waals surface area contributed by atoms with Crippen molar-refractivity contribution in [1.82, 2.24) is 15.7 Å². The van der Waals surface area contributed by atoms with Crippen LogP contribution in [-0.4, -0.2) is 29.6 Å². The van der Waals surface area contributed by atoms with Gasteiger partial charge in [0, 0.05) is 18.9 Å². The van der Waals surface area contributed by atoms with Gasteiger partial charge >= 0.3 is 0 Å². The van der Waals surface area contributed by atoms with E-state index in [1.165, 1.54) is 6.21 Å². The van der Waals surface area contributed by atoms with E-state index in [0.29, 0.717) is 13.2 Å². The second kappa shape index (κ2) is 10.4. The smallest absolute Gasteiger partial charge is 0.249 e.